The van der Waals surface area contributed by atoms with E-state index in [2.05, 4.69) is 207 Å². The van der Waals surface area contributed by atoms with Crippen LogP contribution in [-0.4, -0.2) is 0 Å². The van der Waals surface area contributed by atoms with Gasteiger partial charge in [0.05, 0.1) is 22.2 Å². The minimum Gasteiger partial charge on any atom is -0.456 e. The zero-order valence-electron chi connectivity index (χ0n) is 31.3. The quantitative estimate of drug-likeness (QED) is 0.181. The Hall–Kier alpha value is -6.90. The average Bonchev–Trinajstić information content (AvgIpc) is 3.81. The Morgan fingerprint density at radius 2 is 1.00 bits per heavy atom. The summed E-state index contributed by atoms with van der Waals surface area (Å²) in [6.45, 7) is 4.73. The molecule has 0 amide bonds. The van der Waals surface area contributed by atoms with Crippen molar-refractivity contribution in [2.45, 2.75) is 24.7 Å². The van der Waals surface area contributed by atoms with E-state index in [1.165, 1.54) is 66.8 Å². The van der Waals surface area contributed by atoms with Gasteiger partial charge in [0, 0.05) is 22.1 Å². The Bertz CT molecular complexity index is 3090. The van der Waals surface area contributed by atoms with E-state index in [4.69, 9.17) is 4.42 Å². The van der Waals surface area contributed by atoms with Gasteiger partial charge in [0.15, 0.2) is 0 Å². The second-order valence-electron chi connectivity index (χ2n) is 16.0. The zero-order chi connectivity index (χ0) is 37.2. The molecule has 9 aromatic rings. The van der Waals surface area contributed by atoms with E-state index in [-0.39, 0.29) is 5.41 Å². The van der Waals surface area contributed by atoms with E-state index in [9.17, 15) is 0 Å². The summed E-state index contributed by atoms with van der Waals surface area (Å²) in [5.41, 5.74) is 20.0. The van der Waals surface area contributed by atoms with Gasteiger partial charge in [0.2, 0.25) is 0 Å². The summed E-state index contributed by atoms with van der Waals surface area (Å²) < 4.78 is 6.56. The number of rotatable bonds is 3. The molecule has 1 aromatic heterocycles. The lowest BCUT2D eigenvalue weighted by atomic mass is 9.66. The third-order valence-corrected chi connectivity index (χ3v) is 12.9. The molecule has 2 heteroatoms. The fourth-order valence-corrected chi connectivity index (χ4v) is 10.5. The van der Waals surface area contributed by atoms with Gasteiger partial charge in [-0.1, -0.05) is 166 Å². The number of anilines is 3. The average molecular weight is 716 g/mol. The van der Waals surface area contributed by atoms with E-state index < -0.39 is 5.41 Å². The molecule has 2 nitrogen and oxygen atoms in total. The summed E-state index contributed by atoms with van der Waals surface area (Å²) in [5, 5.41) is 2.22. The minimum atomic E-state index is -0.528. The van der Waals surface area contributed by atoms with Crippen LogP contribution < -0.4 is 4.90 Å². The summed E-state index contributed by atoms with van der Waals surface area (Å²) in [7, 11) is 0. The first-order valence-electron chi connectivity index (χ1n) is 19.6. The van der Waals surface area contributed by atoms with Gasteiger partial charge in [-0.3, -0.25) is 0 Å². The lowest BCUT2D eigenvalue weighted by molar-refractivity contribution is 0.660. The van der Waals surface area contributed by atoms with Crippen molar-refractivity contribution in [3.63, 3.8) is 0 Å². The highest BCUT2D eigenvalue weighted by atomic mass is 16.3. The first-order chi connectivity index (χ1) is 27.5. The second kappa shape index (κ2) is 11.3. The van der Waals surface area contributed by atoms with Crippen molar-refractivity contribution in [2.24, 2.45) is 0 Å². The molecular formula is C54H37NO. The van der Waals surface area contributed by atoms with Crippen molar-refractivity contribution in [1.82, 2.24) is 0 Å². The molecular weight excluding hydrogens is 679 g/mol. The molecule has 0 bridgehead atoms. The maximum absolute atomic E-state index is 6.56. The fraction of sp³-hybridized carbons (Fsp3) is 0.0741. The lowest BCUT2D eigenvalue weighted by Crippen LogP contribution is -2.30. The number of furan rings is 1. The summed E-state index contributed by atoms with van der Waals surface area (Å²) in [6, 6.07) is 65.0. The molecule has 0 fully saturated rings. The third kappa shape index (κ3) is 4.00. The van der Waals surface area contributed by atoms with Crippen molar-refractivity contribution in [3.05, 3.63) is 220 Å². The monoisotopic (exact) mass is 715 g/mol. The van der Waals surface area contributed by atoms with Gasteiger partial charge in [-0.05, 0) is 97.6 Å². The number of hydrogen-bond acceptors (Lipinski definition) is 2. The number of fused-ring (bicyclic) bond motifs is 15. The van der Waals surface area contributed by atoms with E-state index in [1.807, 2.05) is 0 Å². The minimum absolute atomic E-state index is 0.155. The molecule has 1 heterocycles. The predicted molar refractivity (Wildman–Crippen MR) is 232 cm³/mol. The van der Waals surface area contributed by atoms with E-state index in [1.54, 1.807) is 0 Å². The molecule has 0 aliphatic heterocycles. The van der Waals surface area contributed by atoms with Crippen LogP contribution in [-0.2, 0) is 10.8 Å². The molecule has 56 heavy (non-hydrogen) atoms. The van der Waals surface area contributed by atoms with Crippen LogP contribution in [0.4, 0.5) is 17.1 Å². The first kappa shape index (κ1) is 31.5. The second-order valence-corrected chi connectivity index (χ2v) is 16.0. The van der Waals surface area contributed by atoms with Crippen LogP contribution in [0.25, 0.3) is 56.3 Å². The van der Waals surface area contributed by atoms with Crippen LogP contribution in [0.15, 0.2) is 180 Å². The molecule has 264 valence electrons. The molecule has 0 radical (unpaired) electrons. The van der Waals surface area contributed by atoms with Crippen LogP contribution in [0.5, 0.6) is 0 Å². The molecule has 12 rings (SSSR count). The Morgan fingerprint density at radius 1 is 0.429 bits per heavy atom. The molecule has 3 aliphatic rings. The Labute approximate surface area is 326 Å². The normalized spacial score (nSPS) is 14.8. The molecule has 0 N–H and O–H groups in total. The summed E-state index contributed by atoms with van der Waals surface area (Å²) in [6.07, 6.45) is 4.60. The molecule has 3 aliphatic carbocycles. The summed E-state index contributed by atoms with van der Waals surface area (Å²) in [4.78, 5) is 2.52. The van der Waals surface area contributed by atoms with Crippen molar-refractivity contribution >= 4 is 51.2 Å². The summed E-state index contributed by atoms with van der Waals surface area (Å²) in [5.74, 6) is 0. The van der Waals surface area contributed by atoms with Gasteiger partial charge in [-0.15, -0.1) is 0 Å². The maximum atomic E-state index is 6.56. The summed E-state index contributed by atoms with van der Waals surface area (Å²) >= 11 is 0. The highest BCUT2D eigenvalue weighted by Gasteiger charge is 2.49. The Balaban J connectivity index is 1.21. The van der Waals surface area contributed by atoms with E-state index >= 15 is 0 Å². The van der Waals surface area contributed by atoms with E-state index in [0.29, 0.717) is 0 Å². The lowest BCUT2D eigenvalue weighted by Gasteiger charge is -2.36. The molecule has 1 spiro atoms. The van der Waals surface area contributed by atoms with Crippen molar-refractivity contribution in [1.29, 1.82) is 0 Å². The highest BCUT2D eigenvalue weighted by molar-refractivity contribution is 6.14. The standard InChI is InChI=1S/C54H37NO/c1-53(2)43-22-10-5-17-37(43)38-32-31-36(33-46(38)53)55(48-26-14-28-50-52(48)40-19-7-12-27-49(40)56-50)47-25-13-24-45-51(47)39-18-6-11-23-44(39)54(45)41-20-8-3-15-34(41)29-30-35-16-4-9-21-42(35)54/h3-33H,1-2H3. The van der Waals surface area contributed by atoms with Gasteiger partial charge in [0.25, 0.3) is 0 Å². The first-order valence-corrected chi connectivity index (χ1v) is 19.6. The maximum Gasteiger partial charge on any atom is 0.137 e. The van der Waals surface area contributed by atoms with Gasteiger partial charge in [-0.25, -0.2) is 0 Å². The topological polar surface area (TPSA) is 16.4 Å². The van der Waals surface area contributed by atoms with Gasteiger partial charge < -0.3 is 9.32 Å². The largest absolute Gasteiger partial charge is 0.456 e. The number of hydrogen-bond donors (Lipinski definition) is 0. The smallest absolute Gasteiger partial charge is 0.137 e. The van der Waals surface area contributed by atoms with Crippen molar-refractivity contribution < 1.29 is 4.42 Å². The number of para-hydroxylation sites is 1. The van der Waals surface area contributed by atoms with Crippen molar-refractivity contribution in [2.75, 3.05) is 4.90 Å². The third-order valence-electron chi connectivity index (χ3n) is 12.9. The molecule has 0 saturated carbocycles. The van der Waals surface area contributed by atoms with E-state index in [0.717, 1.165) is 39.0 Å². The molecule has 8 aromatic carbocycles. The Kier molecular flexibility index (Phi) is 6.36. The van der Waals surface area contributed by atoms with Crippen molar-refractivity contribution in [3.8, 4) is 22.3 Å². The van der Waals surface area contributed by atoms with Crippen LogP contribution in [0.2, 0.25) is 0 Å². The van der Waals surface area contributed by atoms with Crippen LogP contribution in [0, 0.1) is 0 Å². The zero-order valence-corrected chi connectivity index (χ0v) is 31.3. The number of benzene rings is 8. The van der Waals surface area contributed by atoms with Crippen LogP contribution in [0.3, 0.4) is 0 Å². The van der Waals surface area contributed by atoms with Gasteiger partial charge in [0.1, 0.15) is 11.2 Å². The fourth-order valence-electron chi connectivity index (χ4n) is 10.5. The molecule has 0 atom stereocenters. The van der Waals surface area contributed by atoms with Crippen LogP contribution in [0.1, 0.15) is 58.4 Å². The SMILES string of the molecule is CC1(C)c2ccccc2-c2ccc(N(c3cccc4c3-c3ccccc3C43c4ccccc4C=Cc4ccccc43)c3cccc4oc5ccccc5c34)cc21. The predicted octanol–water partition coefficient (Wildman–Crippen LogP) is 14.2. The Morgan fingerprint density at radius 3 is 1.79 bits per heavy atom. The van der Waals surface area contributed by atoms with Gasteiger partial charge >= 0.3 is 0 Å². The molecule has 0 unspecified atom stereocenters. The van der Waals surface area contributed by atoms with Crippen LogP contribution >= 0.6 is 0 Å². The van der Waals surface area contributed by atoms with Gasteiger partial charge in [-0.2, -0.15) is 0 Å². The number of nitrogens with zero attached hydrogens (tertiary/aromatic N) is 1. The highest BCUT2D eigenvalue weighted by Crippen LogP contribution is 2.62. The molecule has 0 saturated heterocycles.